The van der Waals surface area contributed by atoms with Crippen molar-refractivity contribution in [2.24, 2.45) is 0 Å². The Hall–Kier alpha value is -6.59. The molecule has 18 heteroatoms. The summed E-state index contributed by atoms with van der Waals surface area (Å²) >= 11 is 7.61. The minimum absolute atomic E-state index is 0.0360. The number of hydrogen-bond donors (Lipinski definition) is 1. The third kappa shape index (κ3) is 7.93. The molecule has 0 radical (unpaired) electrons. The van der Waals surface area contributed by atoms with Crippen LogP contribution < -0.4 is 16.9 Å². The van der Waals surface area contributed by atoms with Crippen molar-refractivity contribution in [3.63, 3.8) is 0 Å². The molecule has 0 atom stereocenters. The topological polar surface area (TPSA) is 167 Å². The van der Waals surface area contributed by atoms with E-state index in [0.717, 1.165) is 11.6 Å². The fraction of sp³-hybridized carbons (Fsp3) is 0.209. The summed E-state index contributed by atoms with van der Waals surface area (Å²) in [6.07, 6.45) is 8.04. The van der Waals surface area contributed by atoms with Crippen LogP contribution in [0.15, 0.2) is 92.7 Å². The molecule has 13 nitrogen and oxygen atoms in total. The minimum atomic E-state index is -0.914. The second-order valence-electron chi connectivity index (χ2n) is 14.4. The lowest BCUT2D eigenvalue weighted by Gasteiger charge is -2.18. The van der Waals surface area contributed by atoms with E-state index >= 15 is 4.39 Å². The molecule has 0 spiro atoms. The maximum Gasteiger partial charge on any atom is 0.355 e. The van der Waals surface area contributed by atoms with Crippen molar-refractivity contribution in [3.8, 4) is 33.9 Å². The molecule has 0 fully saturated rings. The van der Waals surface area contributed by atoms with Crippen LogP contribution in [-0.4, -0.2) is 55.3 Å². The molecule has 310 valence electrons. The lowest BCUT2D eigenvalue weighted by Crippen LogP contribution is -2.31. The first kappa shape index (κ1) is 42.5. The number of fused-ring (bicyclic) bond motifs is 2. The SMILES string of the molecule is CSc1ncccc1-c1nc2c(cc1F)c(Cl)nc(=O)n2-c1c(C)ccnc1C(C)C.Cc1ccnc(C(C)C)c1-n1c(=O)[nH]c(=O)c2cc(F)c(-c3cccnc3F)nc21. The number of hydrogen-bond acceptors (Lipinski definition) is 11. The molecule has 0 aliphatic rings. The van der Waals surface area contributed by atoms with Gasteiger partial charge in [-0.1, -0.05) is 39.3 Å². The van der Waals surface area contributed by atoms with Gasteiger partial charge in [-0.2, -0.15) is 9.37 Å². The number of H-pyrrole nitrogens is 1. The Balaban J connectivity index is 0.000000184. The van der Waals surface area contributed by atoms with Crippen molar-refractivity contribution in [3.05, 3.63) is 150 Å². The highest BCUT2D eigenvalue weighted by atomic mass is 35.5. The van der Waals surface area contributed by atoms with Gasteiger partial charge in [0.15, 0.2) is 17.1 Å². The van der Waals surface area contributed by atoms with Crippen LogP contribution in [0.4, 0.5) is 13.2 Å². The largest absolute Gasteiger partial charge is 0.355 e. The Morgan fingerprint density at radius 2 is 1.20 bits per heavy atom. The van der Waals surface area contributed by atoms with E-state index in [9.17, 15) is 23.2 Å². The van der Waals surface area contributed by atoms with Crippen LogP contribution in [0, 0.1) is 31.4 Å². The number of halogens is 4. The quantitative estimate of drug-likeness (QED) is 0.0928. The van der Waals surface area contributed by atoms with E-state index in [1.165, 1.54) is 45.3 Å². The summed E-state index contributed by atoms with van der Waals surface area (Å²) in [6.45, 7) is 11.5. The summed E-state index contributed by atoms with van der Waals surface area (Å²) in [5, 5.41) is 0.633. The van der Waals surface area contributed by atoms with Crippen LogP contribution in [0.25, 0.3) is 56.0 Å². The zero-order valence-corrected chi connectivity index (χ0v) is 35.3. The van der Waals surface area contributed by atoms with Crippen LogP contribution in [0.5, 0.6) is 0 Å². The number of nitrogens with one attached hydrogen (secondary N) is 1. The van der Waals surface area contributed by atoms with Crippen LogP contribution in [0.2, 0.25) is 5.15 Å². The molecule has 0 unspecified atom stereocenters. The number of thioether (sulfide) groups is 1. The zero-order chi connectivity index (χ0) is 43.9. The Kier molecular flexibility index (Phi) is 12.0. The lowest BCUT2D eigenvalue weighted by atomic mass is 10.0. The van der Waals surface area contributed by atoms with Crippen LogP contribution in [-0.2, 0) is 0 Å². The molecule has 8 rings (SSSR count). The molecule has 0 bridgehead atoms. The molecule has 8 aromatic rings. The van der Waals surface area contributed by atoms with E-state index in [1.807, 2.05) is 46.9 Å². The van der Waals surface area contributed by atoms with Gasteiger partial charge in [0.1, 0.15) is 27.4 Å². The number of aromatic nitrogens is 10. The van der Waals surface area contributed by atoms with E-state index in [0.29, 0.717) is 38.9 Å². The minimum Gasteiger partial charge on any atom is -0.273 e. The fourth-order valence-electron chi connectivity index (χ4n) is 6.87. The van der Waals surface area contributed by atoms with E-state index in [2.05, 4.69) is 39.9 Å². The summed E-state index contributed by atoms with van der Waals surface area (Å²) in [4.78, 5) is 69.8. The Morgan fingerprint density at radius 1 is 0.672 bits per heavy atom. The molecule has 0 saturated carbocycles. The Bertz CT molecular complexity index is 3210. The van der Waals surface area contributed by atoms with Crippen molar-refractivity contribution in [2.75, 3.05) is 6.26 Å². The predicted molar refractivity (Wildman–Crippen MR) is 229 cm³/mol. The zero-order valence-electron chi connectivity index (χ0n) is 33.8. The van der Waals surface area contributed by atoms with Crippen LogP contribution in [0.3, 0.4) is 0 Å². The summed E-state index contributed by atoms with van der Waals surface area (Å²) in [5.41, 5.74) is 1.96. The van der Waals surface area contributed by atoms with Gasteiger partial charge in [-0.05, 0) is 91.6 Å². The number of rotatable bonds is 7. The second-order valence-corrected chi connectivity index (χ2v) is 15.6. The molecular weight excluding hydrogens is 829 g/mol. The van der Waals surface area contributed by atoms with E-state index in [-0.39, 0.29) is 56.0 Å². The van der Waals surface area contributed by atoms with Gasteiger partial charge in [-0.15, -0.1) is 11.8 Å². The van der Waals surface area contributed by atoms with Gasteiger partial charge in [0.05, 0.1) is 39.1 Å². The van der Waals surface area contributed by atoms with Crippen LogP contribution in [0.1, 0.15) is 62.0 Å². The standard InChI is InChI=1S/C22H19ClFN5OS.C21H17F2N5O2/c1-11(2)16-18(12(3)7-9-25-16)29-20-14(19(23)28-22(29)30)10-15(24)17(27-20)13-6-5-8-26-21(13)31-4;1-10(2)15-17(11(3)6-8-24-15)28-19-13(20(29)27-21(28)30)9-14(22)16(26-19)12-5-4-7-25-18(12)23/h5-11H,1-4H3;4-10H,1-3H3,(H,27,29,30). The van der Waals surface area contributed by atoms with Crippen molar-refractivity contribution < 1.29 is 13.2 Å². The van der Waals surface area contributed by atoms with Gasteiger partial charge < -0.3 is 0 Å². The van der Waals surface area contributed by atoms with Crippen LogP contribution >= 0.6 is 23.4 Å². The third-order valence-electron chi connectivity index (χ3n) is 9.69. The van der Waals surface area contributed by atoms with Gasteiger partial charge >= 0.3 is 11.4 Å². The molecule has 61 heavy (non-hydrogen) atoms. The fourth-order valence-corrected chi connectivity index (χ4v) is 7.63. The smallest absolute Gasteiger partial charge is 0.273 e. The van der Waals surface area contributed by atoms with Gasteiger partial charge in [0.2, 0.25) is 5.95 Å². The normalized spacial score (nSPS) is 11.4. The molecule has 0 aliphatic carbocycles. The summed E-state index contributed by atoms with van der Waals surface area (Å²) < 4.78 is 46.7. The Morgan fingerprint density at radius 3 is 1.77 bits per heavy atom. The molecular formula is C43H36ClF3N10O3S. The third-order valence-corrected chi connectivity index (χ3v) is 10.7. The van der Waals surface area contributed by atoms with Gasteiger partial charge in [-0.25, -0.2) is 47.4 Å². The first-order chi connectivity index (χ1) is 29.1. The Labute approximate surface area is 354 Å². The molecule has 0 saturated heterocycles. The van der Waals surface area contributed by atoms with Crippen molar-refractivity contribution in [2.45, 2.75) is 58.4 Å². The first-order valence-corrected chi connectivity index (χ1v) is 20.4. The molecule has 1 N–H and O–H groups in total. The molecule has 0 amide bonds. The summed E-state index contributed by atoms with van der Waals surface area (Å²) in [7, 11) is 0. The van der Waals surface area contributed by atoms with E-state index in [1.54, 1.807) is 43.7 Å². The van der Waals surface area contributed by atoms with Gasteiger partial charge in [0, 0.05) is 30.4 Å². The van der Waals surface area contributed by atoms with Gasteiger partial charge in [0.25, 0.3) is 5.56 Å². The molecule has 8 aromatic heterocycles. The average molecular weight is 865 g/mol. The highest BCUT2D eigenvalue weighted by Gasteiger charge is 2.24. The molecule has 8 heterocycles. The monoisotopic (exact) mass is 864 g/mol. The number of nitrogens with zero attached hydrogens (tertiary/aromatic N) is 9. The predicted octanol–water partition coefficient (Wildman–Crippen LogP) is 8.42. The van der Waals surface area contributed by atoms with E-state index < -0.39 is 34.5 Å². The number of aryl methyl sites for hydroxylation is 2. The highest BCUT2D eigenvalue weighted by Crippen LogP contribution is 2.34. The second kappa shape index (κ2) is 17.2. The van der Waals surface area contributed by atoms with Crippen molar-refractivity contribution in [1.29, 1.82) is 0 Å². The number of aromatic amines is 1. The summed E-state index contributed by atoms with van der Waals surface area (Å²) in [5.74, 6) is -2.41. The average Bonchev–Trinajstić information content (AvgIpc) is 3.22. The van der Waals surface area contributed by atoms with Gasteiger partial charge in [-0.3, -0.25) is 19.7 Å². The lowest BCUT2D eigenvalue weighted by molar-refractivity contribution is 0.581. The van der Waals surface area contributed by atoms with Crippen molar-refractivity contribution in [1.82, 2.24) is 49.0 Å². The maximum atomic E-state index is 15.1. The molecule has 0 aliphatic heterocycles. The maximum absolute atomic E-state index is 15.1. The number of pyridine rings is 6. The first-order valence-electron chi connectivity index (χ1n) is 18.8. The molecule has 0 aromatic carbocycles. The van der Waals surface area contributed by atoms with E-state index in [4.69, 9.17) is 11.6 Å². The highest BCUT2D eigenvalue weighted by molar-refractivity contribution is 7.98. The summed E-state index contributed by atoms with van der Waals surface area (Å²) in [6, 6.07) is 12.0. The van der Waals surface area contributed by atoms with Crippen molar-refractivity contribution >= 4 is 45.4 Å².